The molecule has 0 atom stereocenters. The molecule has 1 amide bonds. The number of para-hydroxylation sites is 1. The van der Waals surface area contributed by atoms with E-state index in [9.17, 15) is 9.59 Å². The number of nitrogens with zero attached hydrogens (tertiary/aromatic N) is 3. The van der Waals surface area contributed by atoms with Crippen molar-refractivity contribution in [2.45, 2.75) is 20.0 Å². The number of rotatable bonds is 6. The van der Waals surface area contributed by atoms with Crippen LogP contribution in [0.2, 0.25) is 0 Å². The number of carbonyl (C=O) groups is 1. The first-order valence-corrected chi connectivity index (χ1v) is 10.2. The summed E-state index contributed by atoms with van der Waals surface area (Å²) in [5.74, 6) is 0.383. The minimum absolute atomic E-state index is 0.178. The van der Waals surface area contributed by atoms with Gasteiger partial charge in [0.25, 0.3) is 5.56 Å². The van der Waals surface area contributed by atoms with Crippen LogP contribution in [0.1, 0.15) is 11.3 Å². The molecule has 152 valence electrons. The van der Waals surface area contributed by atoms with Crippen LogP contribution in [0, 0.1) is 6.92 Å². The highest BCUT2D eigenvalue weighted by molar-refractivity contribution is 7.21. The SMILES string of the molecule is COc1ccccc1CNC(=O)Cn1nc(C)c2sc(-c3ccccc3)nc2c1=O. The number of fused-ring (bicyclic) bond motifs is 1. The van der Waals surface area contributed by atoms with Crippen LogP contribution in [0.5, 0.6) is 5.75 Å². The van der Waals surface area contributed by atoms with Crippen molar-refractivity contribution in [2.24, 2.45) is 0 Å². The van der Waals surface area contributed by atoms with E-state index < -0.39 is 0 Å². The van der Waals surface area contributed by atoms with Crippen molar-refractivity contribution in [1.29, 1.82) is 0 Å². The van der Waals surface area contributed by atoms with E-state index in [4.69, 9.17) is 4.74 Å². The third-order valence-corrected chi connectivity index (χ3v) is 5.86. The summed E-state index contributed by atoms with van der Waals surface area (Å²) in [6, 6.07) is 17.1. The molecule has 0 unspecified atom stereocenters. The Labute approximate surface area is 177 Å². The first-order chi connectivity index (χ1) is 14.6. The maximum atomic E-state index is 12.9. The average Bonchev–Trinajstić information content (AvgIpc) is 3.23. The molecular formula is C22H20N4O3S. The van der Waals surface area contributed by atoms with Crippen LogP contribution >= 0.6 is 11.3 Å². The Kier molecular flexibility index (Phi) is 5.58. The van der Waals surface area contributed by atoms with Crippen molar-refractivity contribution in [1.82, 2.24) is 20.1 Å². The van der Waals surface area contributed by atoms with Gasteiger partial charge in [-0.2, -0.15) is 5.10 Å². The summed E-state index contributed by atoms with van der Waals surface area (Å²) in [7, 11) is 1.58. The van der Waals surface area contributed by atoms with Gasteiger partial charge in [0.05, 0.1) is 17.5 Å². The maximum absolute atomic E-state index is 12.9. The lowest BCUT2D eigenvalue weighted by Crippen LogP contribution is -2.34. The Bertz CT molecular complexity index is 1260. The predicted molar refractivity (Wildman–Crippen MR) is 117 cm³/mol. The van der Waals surface area contributed by atoms with E-state index >= 15 is 0 Å². The van der Waals surface area contributed by atoms with Crippen molar-refractivity contribution in [2.75, 3.05) is 7.11 Å². The van der Waals surface area contributed by atoms with Gasteiger partial charge in [-0.1, -0.05) is 48.5 Å². The molecule has 0 bridgehead atoms. The van der Waals surface area contributed by atoms with Gasteiger partial charge in [-0.25, -0.2) is 9.67 Å². The highest BCUT2D eigenvalue weighted by atomic mass is 32.1. The minimum atomic E-state index is -0.374. The molecule has 0 aliphatic carbocycles. The molecule has 4 aromatic rings. The van der Waals surface area contributed by atoms with Gasteiger partial charge < -0.3 is 10.1 Å². The van der Waals surface area contributed by atoms with E-state index in [-0.39, 0.29) is 18.0 Å². The molecule has 8 heteroatoms. The van der Waals surface area contributed by atoms with Gasteiger partial charge in [0.1, 0.15) is 17.3 Å². The second-order valence-corrected chi connectivity index (χ2v) is 7.70. The van der Waals surface area contributed by atoms with E-state index in [0.29, 0.717) is 23.5 Å². The first kappa shape index (κ1) is 19.8. The molecule has 0 fully saturated rings. The zero-order valence-electron chi connectivity index (χ0n) is 16.6. The molecule has 1 N–H and O–H groups in total. The number of thiazole rings is 1. The molecular weight excluding hydrogens is 400 g/mol. The van der Waals surface area contributed by atoms with Gasteiger partial charge in [-0.15, -0.1) is 11.3 Å². The Hall–Kier alpha value is -3.52. The first-order valence-electron chi connectivity index (χ1n) is 9.39. The summed E-state index contributed by atoms with van der Waals surface area (Å²) in [6.45, 7) is 1.94. The average molecular weight is 420 g/mol. The maximum Gasteiger partial charge on any atom is 0.294 e. The van der Waals surface area contributed by atoms with Gasteiger partial charge in [0, 0.05) is 17.7 Å². The smallest absolute Gasteiger partial charge is 0.294 e. The van der Waals surface area contributed by atoms with Crippen LogP contribution in [-0.2, 0) is 17.9 Å². The Morgan fingerprint density at radius 3 is 2.63 bits per heavy atom. The van der Waals surface area contributed by atoms with Crippen LogP contribution in [0.15, 0.2) is 59.4 Å². The fourth-order valence-corrected chi connectivity index (χ4v) is 4.15. The topological polar surface area (TPSA) is 86.1 Å². The molecule has 0 spiro atoms. The van der Waals surface area contributed by atoms with E-state index in [2.05, 4.69) is 15.4 Å². The zero-order chi connectivity index (χ0) is 21.1. The van der Waals surface area contributed by atoms with Crippen molar-refractivity contribution >= 4 is 27.5 Å². The van der Waals surface area contributed by atoms with Crippen LogP contribution < -0.4 is 15.6 Å². The molecule has 4 rings (SSSR count). The lowest BCUT2D eigenvalue weighted by Gasteiger charge is -2.10. The highest BCUT2D eigenvalue weighted by Gasteiger charge is 2.16. The number of benzene rings is 2. The molecule has 30 heavy (non-hydrogen) atoms. The number of hydrogen-bond acceptors (Lipinski definition) is 6. The monoisotopic (exact) mass is 420 g/mol. The minimum Gasteiger partial charge on any atom is -0.496 e. The Balaban J connectivity index is 1.56. The molecule has 0 saturated carbocycles. The third kappa shape index (κ3) is 3.95. The van der Waals surface area contributed by atoms with E-state index in [1.165, 1.54) is 16.0 Å². The van der Waals surface area contributed by atoms with E-state index in [1.807, 2.05) is 61.5 Å². The Morgan fingerprint density at radius 1 is 1.13 bits per heavy atom. The molecule has 0 aliphatic rings. The van der Waals surface area contributed by atoms with Gasteiger partial charge in [-0.05, 0) is 13.0 Å². The number of aromatic nitrogens is 3. The normalized spacial score (nSPS) is 10.9. The number of methoxy groups -OCH3 is 1. The van der Waals surface area contributed by atoms with Crippen molar-refractivity contribution in [3.63, 3.8) is 0 Å². The fraction of sp³-hybridized carbons (Fsp3) is 0.182. The summed E-state index contributed by atoms with van der Waals surface area (Å²) in [5, 5.41) is 7.89. The van der Waals surface area contributed by atoms with Crippen LogP contribution in [0.3, 0.4) is 0 Å². The molecule has 0 saturated heterocycles. The highest BCUT2D eigenvalue weighted by Crippen LogP contribution is 2.29. The van der Waals surface area contributed by atoms with E-state index in [1.54, 1.807) is 7.11 Å². The summed E-state index contributed by atoms with van der Waals surface area (Å²) in [6.07, 6.45) is 0. The summed E-state index contributed by atoms with van der Waals surface area (Å²) in [4.78, 5) is 29.8. The summed E-state index contributed by atoms with van der Waals surface area (Å²) in [5.41, 5.74) is 2.43. The summed E-state index contributed by atoms with van der Waals surface area (Å²) >= 11 is 1.43. The summed E-state index contributed by atoms with van der Waals surface area (Å²) < 4.78 is 7.20. The number of amides is 1. The molecule has 0 radical (unpaired) electrons. The number of carbonyl (C=O) groups excluding carboxylic acids is 1. The molecule has 2 aromatic carbocycles. The standard InChI is InChI=1S/C22H20N4O3S/c1-14-20-19(24-21(30-20)15-8-4-3-5-9-15)22(28)26(25-14)13-18(27)23-12-16-10-6-7-11-17(16)29-2/h3-11H,12-13H2,1-2H3,(H,23,27). The number of ether oxygens (including phenoxy) is 1. The number of hydrogen-bond donors (Lipinski definition) is 1. The quantitative estimate of drug-likeness (QED) is 0.518. The molecule has 2 heterocycles. The largest absolute Gasteiger partial charge is 0.496 e. The molecule has 2 aromatic heterocycles. The van der Waals surface area contributed by atoms with Crippen molar-refractivity contribution in [3.8, 4) is 16.3 Å². The van der Waals surface area contributed by atoms with Crippen molar-refractivity contribution in [3.05, 3.63) is 76.2 Å². The zero-order valence-corrected chi connectivity index (χ0v) is 17.4. The van der Waals surface area contributed by atoms with Crippen LogP contribution in [0.4, 0.5) is 0 Å². The third-order valence-electron chi connectivity index (χ3n) is 4.65. The van der Waals surface area contributed by atoms with E-state index in [0.717, 1.165) is 20.8 Å². The van der Waals surface area contributed by atoms with Crippen LogP contribution in [-0.4, -0.2) is 27.8 Å². The molecule has 0 aliphatic heterocycles. The number of aryl methyl sites for hydroxylation is 1. The molecule has 7 nitrogen and oxygen atoms in total. The van der Waals surface area contributed by atoms with Gasteiger partial charge in [-0.3, -0.25) is 9.59 Å². The van der Waals surface area contributed by atoms with Gasteiger partial charge >= 0.3 is 0 Å². The van der Waals surface area contributed by atoms with Crippen molar-refractivity contribution < 1.29 is 9.53 Å². The Morgan fingerprint density at radius 2 is 1.87 bits per heavy atom. The van der Waals surface area contributed by atoms with Gasteiger partial charge in [0.15, 0.2) is 5.52 Å². The predicted octanol–water partition coefficient (Wildman–Crippen LogP) is 3.15. The number of nitrogens with one attached hydrogen (secondary N) is 1. The second kappa shape index (κ2) is 8.46. The lowest BCUT2D eigenvalue weighted by atomic mass is 10.2. The van der Waals surface area contributed by atoms with Crippen LogP contribution in [0.25, 0.3) is 20.8 Å². The second-order valence-electron chi connectivity index (χ2n) is 6.70. The lowest BCUT2D eigenvalue weighted by molar-refractivity contribution is -0.122. The fourth-order valence-electron chi connectivity index (χ4n) is 3.15. The van der Waals surface area contributed by atoms with Gasteiger partial charge in [0.2, 0.25) is 5.91 Å².